The number of imidazole rings is 1. The average Bonchev–Trinajstić information content (AvgIpc) is 3.52. The molecule has 2 saturated heterocycles. The highest BCUT2D eigenvalue weighted by Crippen LogP contribution is 2.30. The van der Waals surface area contributed by atoms with Gasteiger partial charge in [-0.1, -0.05) is 42.0 Å². The molecule has 0 bridgehead atoms. The first kappa shape index (κ1) is 22.3. The van der Waals surface area contributed by atoms with Crippen molar-refractivity contribution in [1.29, 1.82) is 0 Å². The second-order valence-corrected chi connectivity index (χ2v) is 9.51. The first-order valence-corrected chi connectivity index (χ1v) is 11.7. The van der Waals surface area contributed by atoms with Crippen LogP contribution in [0.2, 0.25) is 0 Å². The first-order chi connectivity index (χ1) is 16.3. The van der Waals surface area contributed by atoms with Crippen molar-refractivity contribution in [3.8, 4) is 0 Å². The van der Waals surface area contributed by atoms with E-state index in [0.717, 1.165) is 36.2 Å². The largest absolute Gasteiger partial charge is 0.340 e. The Morgan fingerprint density at radius 3 is 2.62 bits per heavy atom. The third kappa shape index (κ3) is 3.79. The van der Waals surface area contributed by atoms with Crippen molar-refractivity contribution in [2.75, 3.05) is 24.5 Å². The van der Waals surface area contributed by atoms with Gasteiger partial charge in [-0.25, -0.2) is 4.79 Å². The zero-order valence-corrected chi connectivity index (χ0v) is 19.8. The fraction of sp³-hybridized carbons (Fsp3) is 0.440. The molecule has 2 atom stereocenters. The summed E-state index contributed by atoms with van der Waals surface area (Å²) < 4.78 is 4.31. The van der Waals surface area contributed by atoms with Crippen LogP contribution < -0.4 is 21.5 Å². The molecule has 0 unspecified atom stereocenters. The van der Waals surface area contributed by atoms with E-state index in [2.05, 4.69) is 10.2 Å². The maximum atomic E-state index is 13.6. The van der Waals surface area contributed by atoms with Crippen molar-refractivity contribution in [2.45, 2.75) is 39.4 Å². The van der Waals surface area contributed by atoms with Crippen molar-refractivity contribution in [1.82, 2.24) is 24.0 Å². The minimum atomic E-state index is -0.542. The van der Waals surface area contributed by atoms with Gasteiger partial charge in [0.05, 0.1) is 6.54 Å². The molecule has 34 heavy (non-hydrogen) atoms. The summed E-state index contributed by atoms with van der Waals surface area (Å²) in [6, 6.07) is 9.13. The van der Waals surface area contributed by atoms with Crippen LogP contribution in [0.4, 0.5) is 5.95 Å². The lowest BCUT2D eigenvalue weighted by molar-refractivity contribution is 0.0969. The molecule has 0 amide bonds. The van der Waals surface area contributed by atoms with E-state index in [-0.39, 0.29) is 12.3 Å². The van der Waals surface area contributed by atoms with E-state index >= 15 is 0 Å². The van der Waals surface area contributed by atoms with Crippen LogP contribution >= 0.6 is 0 Å². The van der Waals surface area contributed by atoms with Gasteiger partial charge < -0.3 is 14.8 Å². The molecule has 2 aliphatic rings. The maximum Gasteiger partial charge on any atom is 0.332 e. The summed E-state index contributed by atoms with van der Waals surface area (Å²) in [7, 11) is 1.61. The highest BCUT2D eigenvalue weighted by Gasteiger charge is 2.38. The Morgan fingerprint density at radius 1 is 1.15 bits per heavy atom. The van der Waals surface area contributed by atoms with Gasteiger partial charge in [0, 0.05) is 38.3 Å². The molecule has 0 aliphatic carbocycles. The van der Waals surface area contributed by atoms with E-state index in [1.54, 1.807) is 31.3 Å². The number of hydrogen-bond acceptors (Lipinski definition) is 6. The van der Waals surface area contributed by atoms with Gasteiger partial charge in [-0.2, -0.15) is 4.98 Å². The van der Waals surface area contributed by atoms with Gasteiger partial charge in [-0.3, -0.25) is 18.7 Å². The van der Waals surface area contributed by atoms with E-state index in [1.807, 2.05) is 30.6 Å². The average molecular weight is 463 g/mol. The molecule has 0 saturated carbocycles. The fourth-order valence-corrected chi connectivity index (χ4v) is 5.06. The number of carbonyl (C=O) groups excluding carboxylic acids is 1. The van der Waals surface area contributed by atoms with Gasteiger partial charge in [-0.05, 0) is 32.7 Å². The number of nitrogens with zero attached hydrogens (tertiary/aromatic N) is 5. The molecule has 1 N–H and O–H groups in total. The highest BCUT2D eigenvalue weighted by molar-refractivity contribution is 5.95. The van der Waals surface area contributed by atoms with Crippen molar-refractivity contribution in [3.05, 3.63) is 68.4 Å². The zero-order valence-electron chi connectivity index (χ0n) is 19.8. The minimum absolute atomic E-state index is 0.284. The molecule has 2 aromatic heterocycles. The summed E-state index contributed by atoms with van der Waals surface area (Å²) in [6.07, 6.45) is 3.17. The number of hydrogen-bond donors (Lipinski definition) is 1. The summed E-state index contributed by atoms with van der Waals surface area (Å²) in [4.78, 5) is 46.6. The van der Waals surface area contributed by atoms with E-state index in [9.17, 15) is 14.4 Å². The molecule has 9 heteroatoms. The van der Waals surface area contributed by atoms with Crippen LogP contribution in [-0.2, 0) is 20.1 Å². The number of Topliss-reactive ketones (excluding diaryl/α,β-unsaturated/α-hetero) is 1. The van der Waals surface area contributed by atoms with Crippen LogP contribution in [0, 0.1) is 5.92 Å². The molecular formula is C25H30N6O3. The number of anilines is 1. The summed E-state index contributed by atoms with van der Waals surface area (Å²) in [5.41, 5.74) is 1.26. The van der Waals surface area contributed by atoms with Crippen LogP contribution in [0.25, 0.3) is 11.2 Å². The summed E-state index contributed by atoms with van der Waals surface area (Å²) in [5.74, 6) is 0.969. The molecule has 0 spiro atoms. The third-order valence-electron chi connectivity index (χ3n) is 6.94. The molecule has 2 aliphatic heterocycles. The molecule has 3 aromatic rings. The summed E-state index contributed by atoms with van der Waals surface area (Å²) >= 11 is 0. The fourth-order valence-electron chi connectivity index (χ4n) is 5.06. The van der Waals surface area contributed by atoms with E-state index in [0.29, 0.717) is 41.2 Å². The Balaban J connectivity index is 1.64. The van der Waals surface area contributed by atoms with E-state index in [1.165, 1.54) is 4.57 Å². The van der Waals surface area contributed by atoms with Crippen molar-refractivity contribution in [2.24, 2.45) is 13.0 Å². The van der Waals surface area contributed by atoms with Crippen LogP contribution in [0.15, 0.2) is 51.6 Å². The Kier molecular flexibility index (Phi) is 5.73. The van der Waals surface area contributed by atoms with Crippen molar-refractivity contribution < 1.29 is 4.79 Å². The molecule has 0 radical (unpaired) electrons. The molecule has 9 nitrogen and oxygen atoms in total. The highest BCUT2D eigenvalue weighted by atomic mass is 16.2. The number of allylic oxidation sites excluding steroid dienone is 2. The van der Waals surface area contributed by atoms with E-state index < -0.39 is 11.2 Å². The second-order valence-electron chi connectivity index (χ2n) is 9.51. The van der Waals surface area contributed by atoms with Crippen LogP contribution in [0.1, 0.15) is 30.6 Å². The van der Waals surface area contributed by atoms with Gasteiger partial charge in [0.25, 0.3) is 5.56 Å². The first-order valence-electron chi connectivity index (χ1n) is 11.7. The summed E-state index contributed by atoms with van der Waals surface area (Å²) in [5, 5.41) is 3.55. The SMILES string of the molecule is CC(C)=CCn1c(N2C[C@H]3CCN[C@H]3C2)nc2c1c(=O)n(CC(=O)c1ccccc1)c(=O)n2C. The number of benzene rings is 1. The topological polar surface area (TPSA) is 94.2 Å². The third-order valence-corrected chi connectivity index (χ3v) is 6.94. The maximum absolute atomic E-state index is 13.6. The monoisotopic (exact) mass is 462 g/mol. The molecule has 5 rings (SSSR count). The second kappa shape index (κ2) is 8.72. The number of rotatable bonds is 6. The zero-order chi connectivity index (χ0) is 24.0. The lowest BCUT2D eigenvalue weighted by atomic mass is 10.1. The lowest BCUT2D eigenvalue weighted by Crippen LogP contribution is -2.41. The van der Waals surface area contributed by atoms with Crippen LogP contribution in [0.3, 0.4) is 0 Å². The normalized spacial score (nSPS) is 19.6. The molecule has 1 aromatic carbocycles. The molecule has 178 valence electrons. The van der Waals surface area contributed by atoms with Gasteiger partial charge in [-0.15, -0.1) is 0 Å². The van der Waals surface area contributed by atoms with Gasteiger partial charge in [0.2, 0.25) is 5.95 Å². The number of fused-ring (bicyclic) bond motifs is 2. The Morgan fingerprint density at radius 2 is 1.91 bits per heavy atom. The van der Waals surface area contributed by atoms with Crippen molar-refractivity contribution in [3.63, 3.8) is 0 Å². The number of nitrogens with one attached hydrogen (secondary N) is 1. The van der Waals surface area contributed by atoms with Gasteiger partial charge in [0.1, 0.15) is 0 Å². The Bertz CT molecular complexity index is 1380. The quantitative estimate of drug-likeness (QED) is 0.441. The number of aryl methyl sites for hydroxylation is 1. The Labute approximate surface area is 197 Å². The Hall–Kier alpha value is -3.46. The standard InChI is InChI=1S/C25H30N6O3/c1-16(2)10-12-30-21-22(27-24(30)29-13-18-9-11-26-19(18)14-29)28(3)25(34)31(23(21)33)15-20(32)17-7-5-4-6-8-17/h4-8,10,18-19,26H,9,11-15H2,1-3H3/t18-,19+/m1/s1. The van der Waals surface area contributed by atoms with E-state index in [4.69, 9.17) is 4.98 Å². The summed E-state index contributed by atoms with van der Waals surface area (Å²) in [6.45, 7) is 6.89. The van der Waals surface area contributed by atoms with Gasteiger partial charge >= 0.3 is 5.69 Å². The minimum Gasteiger partial charge on any atom is -0.340 e. The molecule has 2 fully saturated rings. The number of ketones is 1. The molecular weight excluding hydrogens is 432 g/mol. The lowest BCUT2D eigenvalue weighted by Gasteiger charge is -2.19. The predicted molar refractivity (Wildman–Crippen MR) is 132 cm³/mol. The van der Waals surface area contributed by atoms with Crippen LogP contribution in [0.5, 0.6) is 0 Å². The number of carbonyl (C=O) groups is 1. The predicted octanol–water partition coefficient (Wildman–Crippen LogP) is 1.54. The number of aromatic nitrogens is 4. The molecule has 4 heterocycles. The van der Waals surface area contributed by atoms with Crippen LogP contribution in [-0.4, -0.2) is 50.1 Å². The smallest absolute Gasteiger partial charge is 0.332 e. The van der Waals surface area contributed by atoms with Gasteiger partial charge in [0.15, 0.2) is 16.9 Å². The van der Waals surface area contributed by atoms with Crippen molar-refractivity contribution >= 4 is 22.9 Å².